The molecule has 3 aromatic rings. The van der Waals surface area contributed by atoms with Crippen LogP contribution in [-0.4, -0.2) is 30.9 Å². The molecule has 0 aliphatic rings. The van der Waals surface area contributed by atoms with Gasteiger partial charge in [-0.15, -0.1) is 0 Å². The zero-order valence-corrected chi connectivity index (χ0v) is 16.8. The van der Waals surface area contributed by atoms with Gasteiger partial charge in [-0.1, -0.05) is 24.3 Å². The summed E-state index contributed by atoms with van der Waals surface area (Å²) in [5.41, 5.74) is 4.62. The van der Waals surface area contributed by atoms with Crippen molar-refractivity contribution in [2.24, 2.45) is 0 Å². The number of rotatable bonds is 8. The second kappa shape index (κ2) is 11.1. The van der Waals surface area contributed by atoms with Crippen LogP contribution in [0.1, 0.15) is 10.4 Å². The van der Waals surface area contributed by atoms with E-state index in [0.717, 1.165) is 6.07 Å². The van der Waals surface area contributed by atoms with Crippen LogP contribution < -0.4 is 25.6 Å². The summed E-state index contributed by atoms with van der Waals surface area (Å²) in [5, 5.41) is 2.44. The van der Waals surface area contributed by atoms with Gasteiger partial charge in [0.2, 0.25) is 0 Å². The van der Waals surface area contributed by atoms with Crippen molar-refractivity contribution < 1.29 is 28.2 Å². The van der Waals surface area contributed by atoms with E-state index in [2.05, 4.69) is 16.2 Å². The van der Waals surface area contributed by atoms with Gasteiger partial charge in [-0.05, 0) is 48.5 Å². The highest BCUT2D eigenvalue weighted by Crippen LogP contribution is 2.21. The third-order valence-corrected chi connectivity index (χ3v) is 4.01. The van der Waals surface area contributed by atoms with Crippen LogP contribution >= 0.6 is 0 Å². The van der Waals surface area contributed by atoms with Gasteiger partial charge in [-0.2, -0.15) is 0 Å². The Hall–Kier alpha value is -4.40. The smallest absolute Gasteiger partial charge is 0.276 e. The molecule has 3 aromatic carbocycles. The lowest BCUT2D eigenvalue weighted by molar-refractivity contribution is -0.129. The van der Waals surface area contributed by atoms with Gasteiger partial charge in [0.15, 0.2) is 6.61 Å². The number of halogens is 1. The van der Waals surface area contributed by atoms with Gasteiger partial charge in [-0.25, -0.2) is 4.39 Å². The molecule has 3 rings (SSSR count). The average molecular weight is 437 g/mol. The normalized spacial score (nSPS) is 10.0. The maximum Gasteiger partial charge on any atom is 0.276 e. The van der Waals surface area contributed by atoms with E-state index in [9.17, 15) is 18.8 Å². The number of para-hydroxylation sites is 1. The minimum atomic E-state index is -0.650. The summed E-state index contributed by atoms with van der Waals surface area (Å²) in [5.74, 6) is -0.834. The Kier molecular flexibility index (Phi) is 7.74. The first-order valence-electron chi connectivity index (χ1n) is 9.57. The van der Waals surface area contributed by atoms with Crippen LogP contribution in [-0.2, 0) is 9.59 Å². The Morgan fingerprint density at radius 3 is 2.12 bits per heavy atom. The summed E-state index contributed by atoms with van der Waals surface area (Å²) >= 11 is 0. The highest BCUT2D eigenvalue weighted by Gasteiger charge is 2.10. The van der Waals surface area contributed by atoms with Crippen molar-refractivity contribution in [2.45, 2.75) is 0 Å². The van der Waals surface area contributed by atoms with Crippen molar-refractivity contribution in [2.75, 3.05) is 13.2 Å². The fourth-order valence-corrected chi connectivity index (χ4v) is 2.49. The summed E-state index contributed by atoms with van der Waals surface area (Å²) in [7, 11) is 0. The Labute approximate surface area is 183 Å². The molecular weight excluding hydrogens is 417 g/mol. The molecule has 0 saturated carbocycles. The molecule has 32 heavy (non-hydrogen) atoms. The van der Waals surface area contributed by atoms with Gasteiger partial charge in [-0.3, -0.25) is 25.2 Å². The van der Waals surface area contributed by atoms with Crippen LogP contribution in [0.15, 0.2) is 78.9 Å². The van der Waals surface area contributed by atoms with Crippen LogP contribution in [0.2, 0.25) is 0 Å². The van der Waals surface area contributed by atoms with E-state index in [1.54, 1.807) is 24.3 Å². The molecule has 0 radical (unpaired) electrons. The molecule has 0 aliphatic heterocycles. The maximum atomic E-state index is 13.0. The van der Waals surface area contributed by atoms with Gasteiger partial charge in [0.25, 0.3) is 17.7 Å². The molecule has 0 spiro atoms. The first-order valence-corrected chi connectivity index (χ1v) is 9.57. The second-order valence-corrected chi connectivity index (χ2v) is 6.46. The van der Waals surface area contributed by atoms with Gasteiger partial charge >= 0.3 is 0 Å². The summed E-state index contributed by atoms with van der Waals surface area (Å²) in [6.45, 7) is -0.778. The standard InChI is InChI=1S/C23H20FN3O5/c24-17-5-4-8-20(13-17)31-15-22(29)27-26-21(28)14-25-23(30)16-9-11-19(12-10-16)32-18-6-2-1-3-7-18/h1-13H,14-15H2,(H,25,30)(H,26,28)(H,27,29). The predicted molar refractivity (Wildman–Crippen MR) is 113 cm³/mol. The first kappa shape index (κ1) is 22.3. The van der Waals surface area contributed by atoms with Crippen molar-refractivity contribution >= 4 is 17.7 Å². The molecule has 0 aromatic heterocycles. The number of ether oxygens (including phenoxy) is 2. The van der Waals surface area contributed by atoms with Gasteiger partial charge in [0, 0.05) is 11.6 Å². The quantitative estimate of drug-likeness (QED) is 0.470. The van der Waals surface area contributed by atoms with Gasteiger partial charge < -0.3 is 14.8 Å². The molecule has 0 saturated heterocycles. The minimum absolute atomic E-state index is 0.180. The molecular formula is C23H20FN3O5. The van der Waals surface area contributed by atoms with Crippen molar-refractivity contribution in [3.63, 3.8) is 0 Å². The van der Waals surface area contributed by atoms with Crippen molar-refractivity contribution in [3.05, 3.63) is 90.2 Å². The van der Waals surface area contributed by atoms with Crippen LogP contribution in [0, 0.1) is 5.82 Å². The number of hydrogen-bond acceptors (Lipinski definition) is 5. The molecule has 8 nitrogen and oxygen atoms in total. The van der Waals surface area contributed by atoms with E-state index in [-0.39, 0.29) is 12.3 Å². The Balaban J connectivity index is 1.36. The molecule has 3 amide bonds. The number of nitrogens with one attached hydrogen (secondary N) is 3. The monoisotopic (exact) mass is 437 g/mol. The lowest BCUT2D eigenvalue weighted by atomic mass is 10.2. The van der Waals surface area contributed by atoms with Crippen LogP contribution in [0.5, 0.6) is 17.2 Å². The molecule has 164 valence electrons. The first-order chi connectivity index (χ1) is 15.5. The Morgan fingerprint density at radius 1 is 0.750 bits per heavy atom. The fraction of sp³-hybridized carbons (Fsp3) is 0.0870. The largest absolute Gasteiger partial charge is 0.484 e. The fourth-order valence-electron chi connectivity index (χ4n) is 2.49. The molecule has 0 atom stereocenters. The van der Waals surface area contributed by atoms with Crippen molar-refractivity contribution in [1.82, 2.24) is 16.2 Å². The van der Waals surface area contributed by atoms with E-state index >= 15 is 0 Å². The van der Waals surface area contributed by atoms with Crippen molar-refractivity contribution in [1.29, 1.82) is 0 Å². The van der Waals surface area contributed by atoms with E-state index < -0.39 is 30.1 Å². The average Bonchev–Trinajstić information content (AvgIpc) is 2.81. The third kappa shape index (κ3) is 7.13. The van der Waals surface area contributed by atoms with Crippen LogP contribution in [0.4, 0.5) is 4.39 Å². The third-order valence-electron chi connectivity index (χ3n) is 4.01. The summed E-state index contributed by atoms with van der Waals surface area (Å²) in [6.07, 6.45) is 0. The van der Waals surface area contributed by atoms with E-state index in [1.807, 2.05) is 30.3 Å². The van der Waals surface area contributed by atoms with Crippen molar-refractivity contribution in [3.8, 4) is 17.2 Å². The SMILES string of the molecule is O=C(CNC(=O)c1ccc(Oc2ccccc2)cc1)NNC(=O)COc1cccc(F)c1. The number of hydrazine groups is 1. The molecule has 0 bridgehead atoms. The lowest BCUT2D eigenvalue weighted by Gasteiger charge is -2.10. The number of benzene rings is 3. The van der Waals surface area contributed by atoms with E-state index in [4.69, 9.17) is 9.47 Å². The van der Waals surface area contributed by atoms with Gasteiger partial charge in [0.1, 0.15) is 23.1 Å². The molecule has 0 heterocycles. The highest BCUT2D eigenvalue weighted by molar-refractivity contribution is 5.96. The lowest BCUT2D eigenvalue weighted by Crippen LogP contribution is -2.47. The van der Waals surface area contributed by atoms with Gasteiger partial charge in [0.05, 0.1) is 6.54 Å². The predicted octanol–water partition coefficient (Wildman–Crippen LogP) is 2.57. The van der Waals surface area contributed by atoms with E-state index in [1.165, 1.54) is 18.2 Å². The number of carbonyl (C=O) groups is 3. The number of amides is 3. The molecule has 0 aliphatic carbocycles. The summed E-state index contributed by atoms with van der Waals surface area (Å²) in [6, 6.07) is 20.9. The molecule has 0 fully saturated rings. The molecule has 0 unspecified atom stereocenters. The summed E-state index contributed by atoms with van der Waals surface area (Å²) < 4.78 is 23.8. The highest BCUT2D eigenvalue weighted by atomic mass is 19.1. The Bertz CT molecular complexity index is 1070. The maximum absolute atomic E-state index is 13.0. The Morgan fingerprint density at radius 2 is 1.41 bits per heavy atom. The number of hydrogen-bond donors (Lipinski definition) is 3. The second-order valence-electron chi connectivity index (χ2n) is 6.46. The minimum Gasteiger partial charge on any atom is -0.484 e. The zero-order chi connectivity index (χ0) is 22.8. The zero-order valence-electron chi connectivity index (χ0n) is 16.8. The molecule has 9 heteroatoms. The van der Waals surface area contributed by atoms with E-state index in [0.29, 0.717) is 17.1 Å². The van der Waals surface area contributed by atoms with Crippen LogP contribution in [0.3, 0.4) is 0 Å². The summed E-state index contributed by atoms with van der Waals surface area (Å²) in [4.78, 5) is 35.7. The molecule has 3 N–H and O–H groups in total. The van der Waals surface area contributed by atoms with Crippen LogP contribution in [0.25, 0.3) is 0 Å². The number of carbonyl (C=O) groups excluding carboxylic acids is 3. The topological polar surface area (TPSA) is 106 Å².